The maximum absolute atomic E-state index is 6.10. The van der Waals surface area contributed by atoms with Crippen LogP contribution in [0, 0.1) is 5.92 Å². The zero-order chi connectivity index (χ0) is 10.1. The molecular weight excluding hydrogens is 178 g/mol. The second-order valence-corrected chi connectivity index (χ2v) is 10.4. The summed E-state index contributed by atoms with van der Waals surface area (Å²) in [7, 11) is -1.48. The number of hydrogen-bond acceptors (Lipinski definition) is 2. The van der Waals surface area contributed by atoms with E-state index in [4.69, 9.17) is 4.43 Å². The first kappa shape index (κ1) is 11.2. The van der Waals surface area contributed by atoms with Gasteiger partial charge in [-0.05, 0) is 18.1 Å². The molecule has 0 radical (unpaired) electrons. The van der Waals surface area contributed by atoms with E-state index in [-0.39, 0.29) is 0 Å². The normalized spacial score (nSPS) is 20.1. The Hall–Kier alpha value is 0.137. The van der Waals surface area contributed by atoms with Crippen molar-refractivity contribution in [2.75, 3.05) is 19.7 Å². The third kappa shape index (κ3) is 2.79. The van der Waals surface area contributed by atoms with Crippen LogP contribution >= 0.6 is 0 Å². The molecule has 3 heteroatoms. The van der Waals surface area contributed by atoms with Crippen molar-refractivity contribution < 1.29 is 4.43 Å². The lowest BCUT2D eigenvalue weighted by molar-refractivity contribution is 0.184. The van der Waals surface area contributed by atoms with Crippen molar-refractivity contribution in [1.29, 1.82) is 0 Å². The molecule has 13 heavy (non-hydrogen) atoms. The van der Waals surface area contributed by atoms with Gasteiger partial charge in [0.2, 0.25) is 0 Å². The molecule has 1 fully saturated rings. The van der Waals surface area contributed by atoms with Gasteiger partial charge in [-0.3, -0.25) is 0 Å². The van der Waals surface area contributed by atoms with E-state index in [1.54, 1.807) is 0 Å². The monoisotopic (exact) mass is 201 g/mol. The van der Waals surface area contributed by atoms with Gasteiger partial charge in [-0.15, -0.1) is 0 Å². The highest BCUT2D eigenvalue weighted by atomic mass is 28.4. The van der Waals surface area contributed by atoms with Crippen LogP contribution in [0.5, 0.6) is 0 Å². The van der Waals surface area contributed by atoms with E-state index in [1.807, 2.05) is 0 Å². The summed E-state index contributed by atoms with van der Waals surface area (Å²) in [5.41, 5.74) is 0. The molecule has 0 amide bonds. The minimum atomic E-state index is -1.48. The summed E-state index contributed by atoms with van der Waals surface area (Å²) in [5, 5.41) is 3.62. The van der Waals surface area contributed by atoms with Crippen LogP contribution in [0.1, 0.15) is 20.8 Å². The minimum Gasteiger partial charge on any atom is -0.416 e. The molecule has 1 aliphatic heterocycles. The molecule has 0 aromatic heterocycles. The zero-order valence-electron chi connectivity index (χ0n) is 9.61. The van der Waals surface area contributed by atoms with Gasteiger partial charge in [0.25, 0.3) is 0 Å². The first-order valence-electron chi connectivity index (χ1n) is 5.17. The molecular formula is C10H23NOSi. The Morgan fingerprint density at radius 3 is 2.15 bits per heavy atom. The summed E-state index contributed by atoms with van der Waals surface area (Å²) in [5.74, 6) is 0.772. The van der Waals surface area contributed by atoms with Gasteiger partial charge < -0.3 is 9.74 Å². The van der Waals surface area contributed by atoms with Crippen molar-refractivity contribution in [1.82, 2.24) is 5.32 Å². The van der Waals surface area contributed by atoms with Gasteiger partial charge in [0.1, 0.15) is 0 Å². The van der Waals surface area contributed by atoms with Crippen LogP contribution in [0.25, 0.3) is 0 Å². The second-order valence-electron chi connectivity index (χ2n) is 5.60. The molecule has 0 saturated carbocycles. The van der Waals surface area contributed by atoms with Crippen LogP contribution in [0.3, 0.4) is 0 Å². The molecule has 2 nitrogen and oxygen atoms in total. The highest BCUT2D eigenvalue weighted by Gasteiger charge is 2.37. The van der Waals surface area contributed by atoms with Gasteiger partial charge >= 0.3 is 0 Å². The Morgan fingerprint density at radius 1 is 1.31 bits per heavy atom. The summed E-state index contributed by atoms with van der Waals surface area (Å²) in [6.07, 6.45) is 0. The van der Waals surface area contributed by atoms with Gasteiger partial charge in [0, 0.05) is 25.6 Å². The summed E-state index contributed by atoms with van der Waals surface area (Å²) < 4.78 is 6.10. The summed E-state index contributed by atoms with van der Waals surface area (Å²) in [6.45, 7) is 14.8. The largest absolute Gasteiger partial charge is 0.416 e. The number of nitrogens with one attached hydrogen (secondary N) is 1. The van der Waals surface area contributed by atoms with E-state index in [2.05, 4.69) is 39.2 Å². The fourth-order valence-electron chi connectivity index (χ4n) is 1.01. The quantitative estimate of drug-likeness (QED) is 0.707. The van der Waals surface area contributed by atoms with Crippen molar-refractivity contribution in [3.8, 4) is 0 Å². The predicted molar refractivity (Wildman–Crippen MR) is 59.5 cm³/mol. The average molecular weight is 201 g/mol. The van der Waals surface area contributed by atoms with E-state index in [0.717, 1.165) is 25.6 Å². The van der Waals surface area contributed by atoms with Gasteiger partial charge in [-0.1, -0.05) is 20.8 Å². The molecule has 0 atom stereocenters. The molecule has 0 aromatic rings. The standard InChI is InChI=1S/C10H23NOSi/c1-10(2,3)13(4,5)12-8-9-6-11-7-9/h9,11H,6-8H2,1-5H3. The molecule has 1 heterocycles. The van der Waals surface area contributed by atoms with Gasteiger partial charge in [0.05, 0.1) is 0 Å². The van der Waals surface area contributed by atoms with Gasteiger partial charge in [0.15, 0.2) is 8.32 Å². The topological polar surface area (TPSA) is 21.3 Å². The molecule has 0 unspecified atom stereocenters. The maximum Gasteiger partial charge on any atom is 0.191 e. The van der Waals surface area contributed by atoms with E-state index in [0.29, 0.717) is 5.04 Å². The molecule has 0 spiro atoms. The Balaban J connectivity index is 2.32. The molecule has 1 saturated heterocycles. The van der Waals surface area contributed by atoms with Crippen LogP contribution in [-0.2, 0) is 4.43 Å². The van der Waals surface area contributed by atoms with Crippen molar-refractivity contribution >= 4 is 8.32 Å². The van der Waals surface area contributed by atoms with Gasteiger partial charge in [-0.2, -0.15) is 0 Å². The molecule has 78 valence electrons. The first-order chi connectivity index (χ1) is 5.83. The molecule has 1 rings (SSSR count). The second kappa shape index (κ2) is 3.71. The third-order valence-corrected chi connectivity index (χ3v) is 7.85. The molecule has 1 N–H and O–H groups in total. The third-order valence-electron chi connectivity index (χ3n) is 3.35. The van der Waals surface area contributed by atoms with Crippen molar-refractivity contribution in [3.05, 3.63) is 0 Å². The average Bonchev–Trinajstić information content (AvgIpc) is 1.80. The molecule has 1 aliphatic rings. The van der Waals surface area contributed by atoms with E-state index < -0.39 is 8.32 Å². The number of hydrogen-bond donors (Lipinski definition) is 1. The van der Waals surface area contributed by atoms with Crippen LogP contribution in [-0.4, -0.2) is 28.0 Å². The van der Waals surface area contributed by atoms with Crippen LogP contribution in [0.4, 0.5) is 0 Å². The lowest BCUT2D eigenvalue weighted by Crippen LogP contribution is -2.49. The minimum absolute atomic E-state index is 0.351. The Labute approximate surface area is 83.2 Å². The lowest BCUT2D eigenvalue weighted by atomic mass is 10.1. The van der Waals surface area contributed by atoms with Crippen LogP contribution < -0.4 is 5.32 Å². The smallest absolute Gasteiger partial charge is 0.191 e. The van der Waals surface area contributed by atoms with Crippen LogP contribution in [0.15, 0.2) is 0 Å². The van der Waals surface area contributed by atoms with Gasteiger partial charge in [-0.25, -0.2) is 0 Å². The van der Waals surface area contributed by atoms with Crippen molar-refractivity contribution in [2.24, 2.45) is 5.92 Å². The molecule has 0 aromatic carbocycles. The fourth-order valence-corrected chi connectivity index (χ4v) is 2.09. The SMILES string of the molecule is CC(C)(C)[Si](C)(C)OCC1CNC1. The van der Waals surface area contributed by atoms with E-state index in [9.17, 15) is 0 Å². The Bertz CT molecular complexity index is 170. The van der Waals surface area contributed by atoms with Crippen LogP contribution in [0.2, 0.25) is 18.1 Å². The maximum atomic E-state index is 6.10. The Morgan fingerprint density at radius 2 is 1.85 bits per heavy atom. The first-order valence-corrected chi connectivity index (χ1v) is 8.08. The molecule has 0 bridgehead atoms. The number of rotatable bonds is 3. The highest BCUT2D eigenvalue weighted by molar-refractivity contribution is 6.74. The van der Waals surface area contributed by atoms with E-state index in [1.165, 1.54) is 0 Å². The summed E-state index contributed by atoms with van der Waals surface area (Å²) in [4.78, 5) is 0. The highest BCUT2D eigenvalue weighted by Crippen LogP contribution is 2.36. The summed E-state index contributed by atoms with van der Waals surface area (Å²) in [6, 6.07) is 0. The fraction of sp³-hybridized carbons (Fsp3) is 1.00. The summed E-state index contributed by atoms with van der Waals surface area (Å²) >= 11 is 0. The predicted octanol–water partition coefficient (Wildman–Crippen LogP) is 2.23. The molecule has 0 aliphatic carbocycles. The van der Waals surface area contributed by atoms with Crippen molar-refractivity contribution in [2.45, 2.75) is 38.9 Å². The van der Waals surface area contributed by atoms with E-state index >= 15 is 0 Å². The lowest BCUT2D eigenvalue weighted by Gasteiger charge is -2.38. The zero-order valence-corrected chi connectivity index (χ0v) is 10.6. The van der Waals surface area contributed by atoms with Crippen molar-refractivity contribution in [3.63, 3.8) is 0 Å². The Kier molecular flexibility index (Phi) is 3.20.